The van der Waals surface area contributed by atoms with Gasteiger partial charge in [-0.25, -0.2) is 4.79 Å². The third kappa shape index (κ3) is 13.1. The summed E-state index contributed by atoms with van der Waals surface area (Å²) in [6, 6.07) is 28.1. The van der Waals surface area contributed by atoms with Crippen molar-refractivity contribution in [3.8, 4) is 5.75 Å². The van der Waals surface area contributed by atoms with Crippen molar-refractivity contribution in [2.45, 2.75) is 228 Å². The molecule has 3 aromatic rings. The Morgan fingerprint density at radius 3 is 1.81 bits per heavy atom. The van der Waals surface area contributed by atoms with Crippen LogP contribution in [0.15, 0.2) is 99.6 Å². The zero-order chi connectivity index (χ0) is 63.2. The molecule has 0 amide bonds. The van der Waals surface area contributed by atoms with Crippen LogP contribution < -0.4 is 4.74 Å². The number of aliphatic hydroxyl groups is 2. The summed E-state index contributed by atoms with van der Waals surface area (Å²) >= 11 is 0. The highest BCUT2D eigenvalue weighted by atomic mass is 32.2. The van der Waals surface area contributed by atoms with E-state index in [1.165, 1.54) is 6.42 Å². The summed E-state index contributed by atoms with van der Waals surface area (Å²) in [7, 11) is -0.446. The number of aliphatic hydroxyl groups excluding tert-OH is 1. The minimum absolute atomic E-state index is 0.0390. The molecule has 1 heterocycles. The second kappa shape index (κ2) is 24.3. The summed E-state index contributed by atoms with van der Waals surface area (Å²) in [5.74, 6) is -2.24. The van der Waals surface area contributed by atoms with E-state index in [0.29, 0.717) is 42.8 Å². The summed E-state index contributed by atoms with van der Waals surface area (Å²) < 4.78 is 37.5. The van der Waals surface area contributed by atoms with E-state index >= 15 is 19.2 Å². The Bertz CT molecular complexity index is 3040. The van der Waals surface area contributed by atoms with Gasteiger partial charge in [0.1, 0.15) is 23.1 Å². The van der Waals surface area contributed by atoms with Gasteiger partial charge >= 0.3 is 35.8 Å². The topological polar surface area (TPSA) is 198 Å². The lowest BCUT2D eigenvalue weighted by molar-refractivity contribution is -0.210. The van der Waals surface area contributed by atoms with Crippen LogP contribution in [-0.4, -0.2) is 87.8 Å². The van der Waals surface area contributed by atoms with Gasteiger partial charge in [0.05, 0.1) is 57.8 Å². The first-order valence-electron chi connectivity index (χ1n) is 33.7. The maximum atomic E-state index is 15.9. The molecule has 2 N–H and O–H groups in total. The molecular formula is C74H97O14S+. The van der Waals surface area contributed by atoms with Crippen LogP contribution in [0.5, 0.6) is 5.75 Å². The fraction of sp³-hybridized carbons (Fsp3) is 0.676. The van der Waals surface area contributed by atoms with E-state index in [9.17, 15) is 19.8 Å². The van der Waals surface area contributed by atoms with Gasteiger partial charge in [0.15, 0.2) is 14.7 Å². The molecule has 0 spiro atoms. The Morgan fingerprint density at radius 2 is 1.26 bits per heavy atom. The van der Waals surface area contributed by atoms with Crippen LogP contribution in [-0.2, 0) is 63.3 Å². The van der Waals surface area contributed by atoms with E-state index in [1.54, 1.807) is 39.8 Å². The van der Waals surface area contributed by atoms with E-state index in [0.717, 1.165) is 72.5 Å². The molecule has 14 nitrogen and oxygen atoms in total. The van der Waals surface area contributed by atoms with Crippen molar-refractivity contribution in [3.63, 3.8) is 0 Å². The highest BCUT2D eigenvalue weighted by molar-refractivity contribution is 7.97. The average molecular weight is 1240 g/mol. The molecule has 482 valence electrons. The minimum atomic E-state index is -1.69. The van der Waals surface area contributed by atoms with Gasteiger partial charge in [0.2, 0.25) is 6.10 Å². The van der Waals surface area contributed by atoms with Crippen molar-refractivity contribution in [1.82, 2.24) is 0 Å². The predicted molar refractivity (Wildman–Crippen MR) is 333 cm³/mol. The number of fused-ring (bicyclic) bond motifs is 2. The van der Waals surface area contributed by atoms with Gasteiger partial charge in [0.25, 0.3) is 0 Å². The van der Waals surface area contributed by atoms with E-state index in [2.05, 4.69) is 38.1 Å². The number of carbonyl (C=O) groups excluding carboxylic acids is 6. The number of cyclic esters (lactones) is 1. The van der Waals surface area contributed by atoms with Gasteiger partial charge in [-0.3, -0.25) is 24.0 Å². The van der Waals surface area contributed by atoms with Crippen molar-refractivity contribution in [2.24, 2.45) is 93.2 Å². The Balaban J connectivity index is 0.878. The fourth-order valence-corrected chi connectivity index (χ4v) is 22.2. The summed E-state index contributed by atoms with van der Waals surface area (Å²) in [5, 5.41) is 23.6. The molecule has 0 aromatic heterocycles. The van der Waals surface area contributed by atoms with Crippen molar-refractivity contribution in [2.75, 3.05) is 6.61 Å². The second-order valence-corrected chi connectivity index (χ2v) is 34.1. The van der Waals surface area contributed by atoms with Crippen LogP contribution >= 0.6 is 0 Å². The molecule has 3 aromatic carbocycles. The Hall–Kier alpha value is -5.25. The maximum Gasteiger partial charge on any atom is 0.347 e. The summed E-state index contributed by atoms with van der Waals surface area (Å²) in [6.07, 6.45) is 7.39. The van der Waals surface area contributed by atoms with Crippen LogP contribution in [0, 0.1) is 93.2 Å². The molecule has 1 aliphatic heterocycles. The van der Waals surface area contributed by atoms with Crippen LogP contribution in [0.1, 0.15) is 178 Å². The molecule has 11 fully saturated rings. The van der Waals surface area contributed by atoms with Crippen molar-refractivity contribution in [1.29, 1.82) is 0 Å². The monoisotopic (exact) mass is 1240 g/mol. The third-order valence-corrected chi connectivity index (χ3v) is 25.8. The molecule has 15 heteroatoms. The lowest BCUT2D eigenvalue weighted by atomic mass is 9.50. The minimum Gasteiger partial charge on any atom is -0.463 e. The first-order valence-corrected chi connectivity index (χ1v) is 34.9. The van der Waals surface area contributed by atoms with E-state index < -0.39 is 104 Å². The summed E-state index contributed by atoms with van der Waals surface area (Å²) in [5.41, 5.74) is -6.94. The molecule has 89 heavy (non-hydrogen) atoms. The summed E-state index contributed by atoms with van der Waals surface area (Å²) in [6.45, 7) is 16.8. The predicted octanol–water partition coefficient (Wildman–Crippen LogP) is 13.0. The number of benzene rings is 3. The van der Waals surface area contributed by atoms with Gasteiger partial charge in [-0.1, -0.05) is 43.3 Å². The number of carbonyl (C=O) groups is 6. The van der Waals surface area contributed by atoms with Crippen LogP contribution in [0.2, 0.25) is 0 Å². The number of hydrogen-bond acceptors (Lipinski definition) is 14. The molecule has 10 saturated carbocycles. The highest BCUT2D eigenvalue weighted by Gasteiger charge is 2.62. The SMILES string of the molecule is CC1C2CC(C(O)CC(=O)OC(C)(C)C)C(C2)C1CC(CC(C)(CC(C)(CC(C)(C)C(=O)Oc1ccc([S+](c2ccccc2)c2ccccc2)cc1)C(=O)OC1C2CC3CC1CC(O)(C3)C2)C(=O)OC1CCOC1=O)C(=O)OC1(C)C2CC3CC(C2)CC1C3. The molecule has 1 saturated heterocycles. The van der Waals surface area contributed by atoms with Crippen LogP contribution in [0.4, 0.5) is 0 Å². The quantitative estimate of drug-likeness (QED) is 0.0417. The van der Waals surface area contributed by atoms with Crippen molar-refractivity contribution in [3.05, 3.63) is 84.9 Å². The normalized spacial score (nSPS) is 35.1. The van der Waals surface area contributed by atoms with Crippen LogP contribution in [0.3, 0.4) is 0 Å². The largest absolute Gasteiger partial charge is 0.463 e. The number of rotatable bonds is 22. The van der Waals surface area contributed by atoms with Gasteiger partial charge in [-0.15, -0.1) is 0 Å². The lowest BCUT2D eigenvalue weighted by Gasteiger charge is -2.59. The van der Waals surface area contributed by atoms with E-state index in [4.69, 9.17) is 28.4 Å². The molecular weight excluding hydrogens is 1140 g/mol. The van der Waals surface area contributed by atoms with Gasteiger partial charge in [-0.05, 0) is 278 Å². The fourth-order valence-electron chi connectivity index (χ4n) is 20.1. The molecule has 0 radical (unpaired) electrons. The standard InChI is InChI=1S/C74H97O14S/c1-43-47-33-58(59(34-47)60(75)36-62(76)87-69(2,3)4)57(43)35-50(64(77)88-73(9)51-29-44-26-45(31-51)32-52(73)30-44)38-71(7,67(80)85-61-24-25-83-65(61)78)42-72(8,68(81)86-63-48-27-46-28-49(63)40-74(82,37-46)39-48)41-70(5,6)66(79)84-53-20-22-56(23-21-53)89(54-16-12-10-13-17-54)55-18-14-11-15-19-55/h10-23,43-52,57-61,63,75,82H,24-42H2,1-9H3/q+1. The van der Waals surface area contributed by atoms with Crippen molar-refractivity contribution >= 4 is 46.7 Å². The summed E-state index contributed by atoms with van der Waals surface area (Å²) in [4.78, 5) is 92.5. The Kier molecular flexibility index (Phi) is 17.5. The zero-order valence-corrected chi connectivity index (χ0v) is 54.8. The molecule has 10 aliphatic carbocycles. The van der Waals surface area contributed by atoms with Gasteiger partial charge < -0.3 is 38.6 Å². The maximum absolute atomic E-state index is 15.9. The molecule has 11 aliphatic rings. The number of ether oxygens (including phenoxy) is 6. The number of esters is 6. The zero-order valence-electron chi connectivity index (χ0n) is 54.0. The highest BCUT2D eigenvalue weighted by Crippen LogP contribution is 2.63. The Morgan fingerprint density at radius 1 is 0.674 bits per heavy atom. The van der Waals surface area contributed by atoms with E-state index in [1.807, 2.05) is 69.3 Å². The smallest absolute Gasteiger partial charge is 0.347 e. The molecule has 14 rings (SSSR count). The number of hydrogen-bond donors (Lipinski definition) is 2. The van der Waals surface area contributed by atoms with Gasteiger partial charge in [0, 0.05) is 6.42 Å². The molecule has 12 unspecified atom stereocenters. The van der Waals surface area contributed by atoms with Crippen LogP contribution in [0.25, 0.3) is 0 Å². The first kappa shape index (κ1) is 63.9. The second-order valence-electron chi connectivity index (χ2n) is 32.1. The first-order chi connectivity index (χ1) is 42.1. The average Bonchev–Trinajstić information content (AvgIpc) is 1.07. The molecule has 12 atom stereocenters. The third-order valence-electron chi connectivity index (χ3n) is 23.5. The van der Waals surface area contributed by atoms with Gasteiger partial charge in [-0.2, -0.15) is 0 Å². The van der Waals surface area contributed by atoms with E-state index in [-0.39, 0.29) is 92.0 Å². The van der Waals surface area contributed by atoms with Crippen molar-refractivity contribution < 1.29 is 67.4 Å². The molecule has 10 bridgehead atoms. The Labute approximate surface area is 529 Å². The lowest BCUT2D eigenvalue weighted by Crippen LogP contribution is -2.59.